The summed E-state index contributed by atoms with van der Waals surface area (Å²) in [6.45, 7) is 3.83. The maximum Gasteiger partial charge on any atom is 0.163 e. The zero-order chi connectivity index (χ0) is 15.5. The van der Waals surface area contributed by atoms with E-state index in [1.54, 1.807) is 18.2 Å². The van der Waals surface area contributed by atoms with Crippen molar-refractivity contribution in [3.63, 3.8) is 0 Å². The SMILES string of the molecule is CC1(C)c2cc(O)ccc2[NH+]([O-])c2c1cc(Cl)c(O)c2Cl. The summed E-state index contributed by atoms with van der Waals surface area (Å²) in [4.78, 5) is 0. The second-order valence-corrected chi connectivity index (χ2v) is 6.41. The zero-order valence-corrected chi connectivity index (χ0v) is 12.9. The molecule has 6 heteroatoms. The Morgan fingerprint density at radius 3 is 2.43 bits per heavy atom. The van der Waals surface area contributed by atoms with Crippen LogP contribution in [0.4, 0.5) is 11.4 Å². The molecule has 0 amide bonds. The summed E-state index contributed by atoms with van der Waals surface area (Å²) < 4.78 is 0. The number of phenols is 2. The lowest BCUT2D eigenvalue weighted by Gasteiger charge is -2.39. The summed E-state index contributed by atoms with van der Waals surface area (Å²) in [7, 11) is 0. The molecule has 1 unspecified atom stereocenters. The maximum atomic E-state index is 12.7. The first-order chi connectivity index (χ1) is 9.75. The number of hydrogen-bond donors (Lipinski definition) is 3. The lowest BCUT2D eigenvalue weighted by Crippen LogP contribution is -2.98. The van der Waals surface area contributed by atoms with E-state index in [0.717, 1.165) is 0 Å². The molecule has 3 N–H and O–H groups in total. The van der Waals surface area contributed by atoms with Gasteiger partial charge < -0.3 is 20.5 Å². The largest absolute Gasteiger partial charge is 0.623 e. The van der Waals surface area contributed by atoms with E-state index in [1.807, 2.05) is 13.8 Å². The van der Waals surface area contributed by atoms with Gasteiger partial charge in [-0.15, -0.1) is 0 Å². The maximum absolute atomic E-state index is 12.7. The summed E-state index contributed by atoms with van der Waals surface area (Å²) >= 11 is 12.1. The van der Waals surface area contributed by atoms with Gasteiger partial charge in [-0.2, -0.15) is 0 Å². The average Bonchev–Trinajstić information content (AvgIpc) is 2.42. The highest BCUT2D eigenvalue weighted by atomic mass is 35.5. The third kappa shape index (κ3) is 1.91. The van der Waals surface area contributed by atoms with Crippen LogP contribution < -0.4 is 5.06 Å². The molecular weight excluding hydrogens is 313 g/mol. The molecule has 3 rings (SSSR count). The zero-order valence-electron chi connectivity index (χ0n) is 11.4. The third-order valence-electron chi connectivity index (χ3n) is 4.02. The molecule has 0 bridgehead atoms. The highest BCUT2D eigenvalue weighted by Gasteiger charge is 2.40. The number of rotatable bonds is 0. The molecule has 0 aromatic heterocycles. The van der Waals surface area contributed by atoms with E-state index in [9.17, 15) is 15.4 Å². The fourth-order valence-corrected chi connectivity index (χ4v) is 3.39. The molecule has 2 aromatic rings. The molecule has 4 nitrogen and oxygen atoms in total. The first kappa shape index (κ1) is 14.5. The van der Waals surface area contributed by atoms with Crippen molar-refractivity contribution >= 4 is 34.6 Å². The normalized spacial score (nSPS) is 19.0. The van der Waals surface area contributed by atoms with Crippen LogP contribution in [0.3, 0.4) is 0 Å². The van der Waals surface area contributed by atoms with Gasteiger partial charge in [0, 0.05) is 22.6 Å². The van der Waals surface area contributed by atoms with Gasteiger partial charge in [0.2, 0.25) is 0 Å². The number of aromatic hydroxyl groups is 2. The molecule has 0 saturated heterocycles. The van der Waals surface area contributed by atoms with Gasteiger partial charge in [-0.05, 0) is 18.2 Å². The Hall–Kier alpha value is -1.46. The molecule has 21 heavy (non-hydrogen) atoms. The molecule has 0 spiro atoms. The summed E-state index contributed by atoms with van der Waals surface area (Å²) in [5.74, 6) is -0.197. The van der Waals surface area contributed by atoms with Crippen LogP contribution in [0.2, 0.25) is 10.0 Å². The van der Waals surface area contributed by atoms with Crippen molar-refractivity contribution in [2.45, 2.75) is 19.3 Å². The van der Waals surface area contributed by atoms with E-state index < -0.39 is 5.41 Å². The van der Waals surface area contributed by atoms with Crippen LogP contribution in [0.25, 0.3) is 0 Å². The fraction of sp³-hybridized carbons (Fsp3) is 0.200. The van der Waals surface area contributed by atoms with Gasteiger partial charge in [-0.3, -0.25) is 0 Å². The van der Waals surface area contributed by atoms with Crippen LogP contribution in [-0.4, -0.2) is 10.2 Å². The van der Waals surface area contributed by atoms with E-state index in [2.05, 4.69) is 0 Å². The Bertz CT molecular complexity index is 759. The van der Waals surface area contributed by atoms with Crippen LogP contribution in [0.1, 0.15) is 25.0 Å². The van der Waals surface area contributed by atoms with Gasteiger partial charge in [0.1, 0.15) is 16.5 Å². The summed E-state index contributed by atoms with van der Waals surface area (Å²) in [5, 5.41) is 32.0. The molecule has 0 radical (unpaired) electrons. The molecule has 110 valence electrons. The quantitative estimate of drug-likeness (QED) is 0.513. The summed E-state index contributed by atoms with van der Waals surface area (Å²) in [6, 6.07) is 6.16. The Balaban J connectivity index is 2.40. The van der Waals surface area contributed by atoms with Crippen LogP contribution in [-0.2, 0) is 5.41 Å². The van der Waals surface area contributed by atoms with E-state index in [1.165, 1.54) is 6.07 Å². The van der Waals surface area contributed by atoms with Crippen LogP contribution >= 0.6 is 23.2 Å². The number of benzene rings is 2. The van der Waals surface area contributed by atoms with Crippen molar-refractivity contribution in [1.82, 2.24) is 0 Å². The lowest BCUT2D eigenvalue weighted by molar-refractivity contribution is -0.701. The molecular formula is C15H13Cl2NO3. The van der Waals surface area contributed by atoms with Crippen LogP contribution in [0.15, 0.2) is 24.3 Å². The summed E-state index contributed by atoms with van der Waals surface area (Å²) in [6.07, 6.45) is 0. The van der Waals surface area contributed by atoms with Crippen molar-refractivity contribution in [1.29, 1.82) is 0 Å². The van der Waals surface area contributed by atoms with Gasteiger partial charge in [0.25, 0.3) is 0 Å². The molecule has 1 atom stereocenters. The Morgan fingerprint density at radius 2 is 1.76 bits per heavy atom. The monoisotopic (exact) mass is 325 g/mol. The van der Waals surface area contributed by atoms with E-state index in [4.69, 9.17) is 23.2 Å². The third-order valence-corrected chi connectivity index (χ3v) is 4.67. The highest BCUT2D eigenvalue weighted by Crippen LogP contribution is 2.49. The Kier molecular flexibility index (Phi) is 3.11. The Labute approximate surface area is 131 Å². The second-order valence-electron chi connectivity index (χ2n) is 5.63. The molecule has 1 heterocycles. The number of quaternary nitrogens is 1. The number of phenolic OH excluding ortho intramolecular Hbond substituents is 2. The minimum absolute atomic E-state index is 0.0331. The molecule has 0 aliphatic carbocycles. The van der Waals surface area contributed by atoms with Gasteiger partial charge in [-0.25, -0.2) is 0 Å². The second kappa shape index (κ2) is 4.52. The summed E-state index contributed by atoms with van der Waals surface area (Å²) in [5.41, 5.74) is 1.50. The molecule has 1 aliphatic heterocycles. The van der Waals surface area contributed by atoms with Crippen molar-refractivity contribution in [2.75, 3.05) is 0 Å². The van der Waals surface area contributed by atoms with Crippen LogP contribution in [0, 0.1) is 5.21 Å². The Morgan fingerprint density at radius 1 is 1.10 bits per heavy atom. The fourth-order valence-electron chi connectivity index (χ4n) is 2.85. The van der Waals surface area contributed by atoms with E-state index in [0.29, 0.717) is 16.8 Å². The molecule has 0 saturated carbocycles. The van der Waals surface area contributed by atoms with Gasteiger partial charge in [-0.1, -0.05) is 37.0 Å². The van der Waals surface area contributed by atoms with Crippen LogP contribution in [0.5, 0.6) is 11.5 Å². The first-order valence-corrected chi connectivity index (χ1v) is 7.10. The predicted octanol–water partition coefficient (Wildman–Crippen LogP) is 3.39. The van der Waals surface area contributed by atoms with E-state index in [-0.39, 0.29) is 32.3 Å². The van der Waals surface area contributed by atoms with Crippen molar-refractivity contribution in [3.8, 4) is 11.5 Å². The van der Waals surface area contributed by atoms with Gasteiger partial charge in [0.15, 0.2) is 11.4 Å². The minimum atomic E-state index is -0.571. The lowest BCUT2D eigenvalue weighted by atomic mass is 9.74. The minimum Gasteiger partial charge on any atom is -0.623 e. The smallest absolute Gasteiger partial charge is 0.163 e. The van der Waals surface area contributed by atoms with Gasteiger partial charge in [0.05, 0.1) is 5.02 Å². The number of halogens is 2. The molecule has 0 fully saturated rings. The van der Waals surface area contributed by atoms with Crippen molar-refractivity contribution < 1.29 is 15.3 Å². The molecule has 1 aliphatic rings. The number of hydrogen-bond acceptors (Lipinski definition) is 3. The molecule has 2 aromatic carbocycles. The predicted molar refractivity (Wildman–Crippen MR) is 82.0 cm³/mol. The highest BCUT2D eigenvalue weighted by molar-refractivity contribution is 6.38. The van der Waals surface area contributed by atoms with Gasteiger partial charge >= 0.3 is 0 Å². The van der Waals surface area contributed by atoms with Crippen molar-refractivity contribution in [2.24, 2.45) is 0 Å². The number of nitrogens with one attached hydrogen (secondary N) is 1. The standard InChI is InChI=1S/C15H13Cl2NO3/c1-15(2)8-5-7(19)3-4-11(8)18(21)13-9(15)6-10(16)14(20)12(13)17/h3-6,18-20H,1-2H3. The topological polar surface area (TPSA) is 68.0 Å². The number of fused-ring (bicyclic) bond motifs is 2. The first-order valence-electron chi connectivity index (χ1n) is 6.34. The van der Waals surface area contributed by atoms with Crippen molar-refractivity contribution in [3.05, 3.63) is 50.6 Å². The average molecular weight is 326 g/mol. The van der Waals surface area contributed by atoms with E-state index >= 15 is 0 Å².